The molecule has 2 rings (SSSR count). The standard InChI is InChI=1S/C21H28N2O5/c1-27-19-9-6-10-20(28-2)16(19)11-12-22-14-18(24)17(23-21(25)26)13-15-7-4-3-5-8-15/h3-10,17-18,22-24H,11-14H2,1-2H3,(H,25,26). The Kier molecular flexibility index (Phi) is 8.58. The molecule has 2 atom stereocenters. The van der Waals surface area contributed by atoms with Gasteiger partial charge in [0.05, 0.1) is 26.4 Å². The minimum absolute atomic E-state index is 0.259. The molecule has 152 valence electrons. The zero-order valence-corrected chi connectivity index (χ0v) is 16.2. The van der Waals surface area contributed by atoms with Crippen LogP contribution in [0.5, 0.6) is 11.5 Å². The average molecular weight is 388 g/mol. The van der Waals surface area contributed by atoms with Gasteiger partial charge in [-0.2, -0.15) is 0 Å². The quantitative estimate of drug-likeness (QED) is 0.440. The Morgan fingerprint density at radius 2 is 1.68 bits per heavy atom. The zero-order valence-electron chi connectivity index (χ0n) is 16.2. The van der Waals surface area contributed by atoms with E-state index in [9.17, 15) is 9.90 Å². The summed E-state index contributed by atoms with van der Waals surface area (Å²) in [6, 6.07) is 14.5. The topological polar surface area (TPSA) is 100 Å². The fourth-order valence-electron chi connectivity index (χ4n) is 3.09. The van der Waals surface area contributed by atoms with E-state index in [0.29, 0.717) is 19.4 Å². The SMILES string of the molecule is COc1cccc(OC)c1CCNCC(O)C(Cc1ccccc1)NC(=O)O. The molecule has 2 unspecified atom stereocenters. The van der Waals surface area contributed by atoms with Gasteiger partial charge < -0.3 is 30.3 Å². The highest BCUT2D eigenvalue weighted by atomic mass is 16.5. The third-order valence-electron chi connectivity index (χ3n) is 4.51. The molecule has 2 aromatic rings. The van der Waals surface area contributed by atoms with Gasteiger partial charge in [-0.05, 0) is 37.1 Å². The van der Waals surface area contributed by atoms with Crippen LogP contribution in [0.15, 0.2) is 48.5 Å². The molecule has 0 radical (unpaired) electrons. The average Bonchev–Trinajstić information content (AvgIpc) is 2.70. The third kappa shape index (κ3) is 6.44. The van der Waals surface area contributed by atoms with Gasteiger partial charge in [0, 0.05) is 12.1 Å². The monoisotopic (exact) mass is 388 g/mol. The lowest BCUT2D eigenvalue weighted by Gasteiger charge is -2.23. The van der Waals surface area contributed by atoms with Gasteiger partial charge in [0.15, 0.2) is 0 Å². The number of hydrogen-bond donors (Lipinski definition) is 4. The first-order valence-corrected chi connectivity index (χ1v) is 9.17. The van der Waals surface area contributed by atoms with E-state index in [1.807, 2.05) is 48.5 Å². The Hall–Kier alpha value is -2.77. The van der Waals surface area contributed by atoms with Crippen LogP contribution in [0.3, 0.4) is 0 Å². The van der Waals surface area contributed by atoms with Crippen molar-refractivity contribution >= 4 is 6.09 Å². The number of carbonyl (C=O) groups is 1. The predicted octanol–water partition coefficient (Wildman–Crippen LogP) is 2.08. The highest BCUT2D eigenvalue weighted by Crippen LogP contribution is 2.28. The van der Waals surface area contributed by atoms with Gasteiger partial charge in [-0.25, -0.2) is 4.79 Å². The van der Waals surface area contributed by atoms with Crippen LogP contribution in [-0.2, 0) is 12.8 Å². The van der Waals surface area contributed by atoms with Gasteiger partial charge in [-0.3, -0.25) is 0 Å². The van der Waals surface area contributed by atoms with E-state index in [1.54, 1.807) is 14.2 Å². The van der Waals surface area contributed by atoms with E-state index >= 15 is 0 Å². The normalized spacial score (nSPS) is 12.8. The van der Waals surface area contributed by atoms with Gasteiger partial charge in [0.2, 0.25) is 0 Å². The molecule has 2 aromatic carbocycles. The molecular formula is C21H28N2O5. The Bertz CT molecular complexity index is 717. The number of aliphatic hydroxyl groups excluding tert-OH is 1. The van der Waals surface area contributed by atoms with Gasteiger partial charge in [-0.1, -0.05) is 36.4 Å². The van der Waals surface area contributed by atoms with Crippen LogP contribution in [0.25, 0.3) is 0 Å². The summed E-state index contributed by atoms with van der Waals surface area (Å²) in [5.74, 6) is 1.49. The van der Waals surface area contributed by atoms with E-state index in [1.165, 1.54) is 0 Å². The van der Waals surface area contributed by atoms with Crippen molar-refractivity contribution in [2.24, 2.45) is 0 Å². The number of nitrogens with one attached hydrogen (secondary N) is 2. The number of amides is 1. The van der Waals surface area contributed by atoms with Crippen LogP contribution in [-0.4, -0.2) is 55.8 Å². The maximum atomic E-state index is 11.1. The van der Waals surface area contributed by atoms with Gasteiger partial charge in [-0.15, -0.1) is 0 Å². The van der Waals surface area contributed by atoms with Crippen molar-refractivity contribution in [1.29, 1.82) is 0 Å². The molecule has 0 aliphatic heterocycles. The molecule has 0 spiro atoms. The Labute approximate surface area is 165 Å². The summed E-state index contributed by atoms with van der Waals surface area (Å²) in [6.45, 7) is 0.841. The van der Waals surface area contributed by atoms with E-state index in [4.69, 9.17) is 14.6 Å². The number of ether oxygens (including phenoxy) is 2. The summed E-state index contributed by atoms with van der Waals surface area (Å²) >= 11 is 0. The Morgan fingerprint density at radius 1 is 1.04 bits per heavy atom. The second-order valence-corrected chi connectivity index (χ2v) is 6.41. The zero-order chi connectivity index (χ0) is 20.4. The van der Waals surface area contributed by atoms with Crippen molar-refractivity contribution in [1.82, 2.24) is 10.6 Å². The molecule has 4 N–H and O–H groups in total. The molecule has 0 saturated carbocycles. The van der Waals surface area contributed by atoms with Crippen molar-refractivity contribution in [2.75, 3.05) is 27.3 Å². The summed E-state index contributed by atoms with van der Waals surface area (Å²) in [6.07, 6.45) is -0.957. The molecule has 0 saturated heterocycles. The minimum atomic E-state index is -1.15. The fraction of sp³-hybridized carbons (Fsp3) is 0.381. The highest BCUT2D eigenvalue weighted by molar-refractivity contribution is 5.65. The predicted molar refractivity (Wildman–Crippen MR) is 107 cm³/mol. The van der Waals surface area contributed by atoms with Gasteiger partial charge in [0.1, 0.15) is 11.5 Å². The van der Waals surface area contributed by atoms with Crippen LogP contribution < -0.4 is 20.1 Å². The first kappa shape index (κ1) is 21.5. The Balaban J connectivity index is 1.90. The van der Waals surface area contributed by atoms with Gasteiger partial charge in [0.25, 0.3) is 0 Å². The first-order valence-electron chi connectivity index (χ1n) is 9.17. The third-order valence-corrected chi connectivity index (χ3v) is 4.51. The van der Waals surface area contributed by atoms with Crippen molar-refractivity contribution in [2.45, 2.75) is 25.0 Å². The number of carboxylic acid groups (broad SMARTS) is 1. The number of benzene rings is 2. The smallest absolute Gasteiger partial charge is 0.404 e. The minimum Gasteiger partial charge on any atom is -0.496 e. The molecule has 0 fully saturated rings. The highest BCUT2D eigenvalue weighted by Gasteiger charge is 2.21. The van der Waals surface area contributed by atoms with Crippen molar-refractivity contribution in [3.63, 3.8) is 0 Å². The largest absolute Gasteiger partial charge is 0.496 e. The van der Waals surface area contributed by atoms with Crippen molar-refractivity contribution in [3.8, 4) is 11.5 Å². The van der Waals surface area contributed by atoms with E-state index in [2.05, 4.69) is 10.6 Å². The summed E-state index contributed by atoms with van der Waals surface area (Å²) in [4.78, 5) is 11.1. The second-order valence-electron chi connectivity index (χ2n) is 6.41. The van der Waals surface area contributed by atoms with Crippen LogP contribution in [0.4, 0.5) is 4.79 Å². The number of aliphatic hydroxyl groups is 1. The first-order chi connectivity index (χ1) is 13.5. The fourth-order valence-corrected chi connectivity index (χ4v) is 3.09. The molecule has 7 heteroatoms. The van der Waals surface area contributed by atoms with Crippen molar-refractivity contribution < 1.29 is 24.5 Å². The number of methoxy groups -OCH3 is 2. The molecule has 0 heterocycles. The van der Waals surface area contributed by atoms with Gasteiger partial charge >= 0.3 is 6.09 Å². The summed E-state index contributed by atoms with van der Waals surface area (Å²) in [5.41, 5.74) is 1.90. The van der Waals surface area contributed by atoms with Crippen LogP contribution in [0.2, 0.25) is 0 Å². The molecule has 0 bridgehead atoms. The summed E-state index contributed by atoms with van der Waals surface area (Å²) < 4.78 is 10.8. The molecular weight excluding hydrogens is 360 g/mol. The molecule has 0 aromatic heterocycles. The van der Waals surface area contributed by atoms with Crippen LogP contribution in [0.1, 0.15) is 11.1 Å². The van der Waals surface area contributed by atoms with Crippen molar-refractivity contribution in [3.05, 3.63) is 59.7 Å². The number of rotatable bonds is 11. The lowest BCUT2D eigenvalue weighted by molar-refractivity contribution is 0.118. The van der Waals surface area contributed by atoms with Crippen LogP contribution in [0, 0.1) is 0 Å². The van der Waals surface area contributed by atoms with Crippen LogP contribution >= 0.6 is 0 Å². The second kappa shape index (κ2) is 11.2. The molecule has 28 heavy (non-hydrogen) atoms. The van der Waals surface area contributed by atoms with E-state index in [0.717, 1.165) is 22.6 Å². The molecule has 0 aliphatic rings. The summed E-state index contributed by atoms with van der Waals surface area (Å²) in [5, 5.41) is 25.1. The molecule has 0 aliphatic carbocycles. The Morgan fingerprint density at radius 3 is 2.25 bits per heavy atom. The maximum Gasteiger partial charge on any atom is 0.404 e. The lowest BCUT2D eigenvalue weighted by Crippen LogP contribution is -2.48. The lowest BCUT2D eigenvalue weighted by atomic mass is 10.0. The van der Waals surface area contributed by atoms with E-state index in [-0.39, 0.29) is 6.54 Å². The maximum absolute atomic E-state index is 11.1. The molecule has 7 nitrogen and oxygen atoms in total. The summed E-state index contributed by atoms with van der Waals surface area (Å²) in [7, 11) is 3.22. The van der Waals surface area contributed by atoms with E-state index < -0.39 is 18.2 Å². The number of hydrogen-bond acceptors (Lipinski definition) is 5. The molecule has 1 amide bonds.